The number of hydrogen-bond donors (Lipinski definition) is 2. The van der Waals surface area contributed by atoms with Gasteiger partial charge in [-0.2, -0.15) is 8.42 Å². The van der Waals surface area contributed by atoms with Gasteiger partial charge in [0.1, 0.15) is 0 Å². The molecule has 1 aromatic rings. The van der Waals surface area contributed by atoms with E-state index < -0.39 is 27.6 Å². The van der Waals surface area contributed by atoms with Crippen molar-refractivity contribution in [3.8, 4) is 0 Å². The second-order valence-corrected chi connectivity index (χ2v) is 8.62. The maximum atomic E-state index is 12.0. The van der Waals surface area contributed by atoms with Crippen LogP contribution in [-0.4, -0.2) is 50.4 Å². The predicted octanol–water partition coefficient (Wildman–Crippen LogP) is 1.56. The summed E-state index contributed by atoms with van der Waals surface area (Å²) in [5, 5.41) is 12.0. The number of benzene rings is 1. The maximum Gasteiger partial charge on any atom is 0.333 e. The molecule has 0 aliphatic heterocycles. The van der Waals surface area contributed by atoms with Crippen LogP contribution >= 0.6 is 0 Å². The molecule has 1 atom stereocenters. The topological polar surface area (TPSA) is 119 Å². The number of rotatable bonds is 12. The zero-order chi connectivity index (χ0) is 20.5. The minimum atomic E-state index is -3.84. The second-order valence-electron chi connectivity index (χ2n) is 6.86. The number of carbonyl (C=O) groups is 2. The van der Waals surface area contributed by atoms with Crippen LogP contribution in [0.5, 0.6) is 0 Å². The van der Waals surface area contributed by atoms with Crippen molar-refractivity contribution in [2.45, 2.75) is 39.9 Å². The van der Waals surface area contributed by atoms with E-state index in [1.165, 1.54) is 6.92 Å². The molecule has 0 aliphatic rings. The lowest BCUT2D eigenvalue weighted by Gasteiger charge is -2.30. The third-order valence-corrected chi connectivity index (χ3v) is 5.01. The van der Waals surface area contributed by atoms with Crippen molar-refractivity contribution >= 4 is 22.0 Å². The van der Waals surface area contributed by atoms with Crippen LogP contribution in [0.2, 0.25) is 0 Å². The van der Waals surface area contributed by atoms with Crippen molar-refractivity contribution in [3.05, 3.63) is 35.9 Å². The van der Waals surface area contributed by atoms with Gasteiger partial charge < -0.3 is 15.2 Å². The maximum absolute atomic E-state index is 12.0. The molecular formula is C18H27NO7S. The van der Waals surface area contributed by atoms with Gasteiger partial charge in [-0.05, 0) is 12.0 Å². The Morgan fingerprint density at radius 3 is 2.41 bits per heavy atom. The van der Waals surface area contributed by atoms with E-state index in [0.717, 1.165) is 5.56 Å². The first-order chi connectivity index (χ1) is 12.5. The summed E-state index contributed by atoms with van der Waals surface area (Å²) < 4.78 is 34.5. The van der Waals surface area contributed by atoms with Crippen molar-refractivity contribution in [1.29, 1.82) is 0 Å². The van der Waals surface area contributed by atoms with Crippen molar-refractivity contribution in [1.82, 2.24) is 5.32 Å². The first-order valence-corrected chi connectivity index (χ1v) is 10.1. The van der Waals surface area contributed by atoms with Gasteiger partial charge in [-0.1, -0.05) is 44.2 Å². The molecule has 1 aromatic carbocycles. The second kappa shape index (κ2) is 10.4. The third-order valence-electron chi connectivity index (χ3n) is 3.75. The number of carbonyl (C=O) groups excluding carboxylic acids is 1. The van der Waals surface area contributed by atoms with Crippen LogP contribution in [0.25, 0.3) is 0 Å². The minimum absolute atomic E-state index is 0.0880. The van der Waals surface area contributed by atoms with Gasteiger partial charge in [0.15, 0.2) is 6.10 Å². The Hall–Kier alpha value is -1.97. The molecule has 0 unspecified atom stereocenters. The van der Waals surface area contributed by atoms with E-state index >= 15 is 0 Å². The van der Waals surface area contributed by atoms with Crippen LogP contribution in [0.4, 0.5) is 0 Å². The summed E-state index contributed by atoms with van der Waals surface area (Å²) in [6.45, 7) is 4.47. The van der Waals surface area contributed by atoms with Crippen molar-refractivity contribution in [3.63, 3.8) is 0 Å². The van der Waals surface area contributed by atoms with Crippen molar-refractivity contribution in [2.24, 2.45) is 5.41 Å². The summed E-state index contributed by atoms with van der Waals surface area (Å²) in [6.07, 6.45) is -1.04. The number of amides is 1. The van der Waals surface area contributed by atoms with Gasteiger partial charge in [-0.15, -0.1) is 0 Å². The molecule has 0 aromatic heterocycles. The van der Waals surface area contributed by atoms with E-state index in [1.807, 2.05) is 30.3 Å². The Morgan fingerprint density at radius 2 is 1.85 bits per heavy atom. The lowest BCUT2D eigenvalue weighted by Crippen LogP contribution is -2.42. The van der Waals surface area contributed by atoms with E-state index in [-0.39, 0.29) is 37.8 Å². The first-order valence-electron chi connectivity index (χ1n) is 8.53. The molecule has 0 fully saturated rings. The van der Waals surface area contributed by atoms with Gasteiger partial charge in [0.25, 0.3) is 10.1 Å². The van der Waals surface area contributed by atoms with Crippen LogP contribution in [0, 0.1) is 5.41 Å². The molecule has 0 saturated carbocycles. The van der Waals surface area contributed by atoms with Crippen LogP contribution in [0.15, 0.2) is 30.3 Å². The van der Waals surface area contributed by atoms with Gasteiger partial charge in [-0.3, -0.25) is 8.98 Å². The van der Waals surface area contributed by atoms with Crippen LogP contribution in [0.3, 0.4) is 0 Å². The standard InChI is InChI=1S/C18H27NO7S/c1-14(20)19-10-7-11-27(23,24)26-13-18(2,3)16(17(21)22)25-12-15-8-5-4-6-9-15/h4-6,8-9,16H,7,10-13H2,1-3H3,(H,19,20)(H,21,22)/t16-/m0/s1. The predicted molar refractivity (Wildman–Crippen MR) is 99.5 cm³/mol. The molecule has 27 heavy (non-hydrogen) atoms. The highest BCUT2D eigenvalue weighted by Crippen LogP contribution is 2.26. The van der Waals surface area contributed by atoms with Crippen molar-refractivity contribution in [2.75, 3.05) is 18.9 Å². The molecule has 152 valence electrons. The van der Waals surface area contributed by atoms with Crippen molar-refractivity contribution < 1.29 is 32.0 Å². The fourth-order valence-electron chi connectivity index (χ4n) is 2.27. The summed E-state index contributed by atoms with van der Waals surface area (Å²) >= 11 is 0. The molecule has 1 rings (SSSR count). The van der Waals surface area contributed by atoms with E-state index in [9.17, 15) is 23.1 Å². The van der Waals surface area contributed by atoms with Gasteiger partial charge in [0, 0.05) is 18.9 Å². The fourth-order valence-corrected chi connectivity index (χ4v) is 3.37. The van der Waals surface area contributed by atoms with E-state index in [1.54, 1.807) is 13.8 Å². The number of hydrogen-bond acceptors (Lipinski definition) is 6. The molecule has 0 aliphatic carbocycles. The Morgan fingerprint density at radius 1 is 1.22 bits per heavy atom. The number of carboxylic acid groups (broad SMARTS) is 1. The van der Waals surface area contributed by atoms with Crippen LogP contribution in [0.1, 0.15) is 32.8 Å². The summed E-state index contributed by atoms with van der Waals surface area (Å²) in [4.78, 5) is 22.4. The monoisotopic (exact) mass is 401 g/mol. The first kappa shape index (κ1) is 23.1. The average Bonchev–Trinajstić information content (AvgIpc) is 2.58. The average molecular weight is 401 g/mol. The Balaban J connectivity index is 2.60. The van der Waals surface area contributed by atoms with Gasteiger partial charge >= 0.3 is 5.97 Å². The normalized spacial score (nSPS) is 13.1. The molecule has 2 N–H and O–H groups in total. The molecule has 8 nitrogen and oxygen atoms in total. The van der Waals surface area contributed by atoms with Crippen LogP contribution < -0.4 is 5.32 Å². The Bertz CT molecular complexity index is 716. The van der Waals surface area contributed by atoms with Crippen LogP contribution in [-0.2, 0) is 35.2 Å². The quantitative estimate of drug-likeness (QED) is 0.403. The Labute approximate surface area is 160 Å². The van der Waals surface area contributed by atoms with E-state index in [4.69, 9.17) is 8.92 Å². The largest absolute Gasteiger partial charge is 0.479 e. The number of nitrogens with one attached hydrogen (secondary N) is 1. The lowest BCUT2D eigenvalue weighted by atomic mass is 9.87. The Kier molecular flexibility index (Phi) is 8.87. The lowest BCUT2D eigenvalue weighted by molar-refractivity contribution is -0.162. The molecule has 0 radical (unpaired) electrons. The highest BCUT2D eigenvalue weighted by molar-refractivity contribution is 7.86. The zero-order valence-electron chi connectivity index (χ0n) is 15.8. The molecule has 9 heteroatoms. The third kappa shape index (κ3) is 8.98. The zero-order valence-corrected chi connectivity index (χ0v) is 16.6. The molecular weight excluding hydrogens is 374 g/mol. The summed E-state index contributed by atoms with van der Waals surface area (Å²) in [5.74, 6) is -1.71. The minimum Gasteiger partial charge on any atom is -0.479 e. The molecule has 0 spiro atoms. The number of carboxylic acids is 1. The number of ether oxygens (including phenoxy) is 1. The highest BCUT2D eigenvalue weighted by atomic mass is 32.2. The molecule has 0 heterocycles. The SMILES string of the molecule is CC(=O)NCCCS(=O)(=O)OCC(C)(C)[C@@H](OCc1ccccc1)C(=O)O. The van der Waals surface area contributed by atoms with E-state index in [2.05, 4.69) is 5.32 Å². The van der Waals surface area contributed by atoms with Gasteiger partial charge in [0.2, 0.25) is 5.91 Å². The molecule has 0 saturated heterocycles. The smallest absolute Gasteiger partial charge is 0.333 e. The summed E-state index contributed by atoms with van der Waals surface area (Å²) in [6, 6.07) is 9.09. The number of aliphatic carboxylic acids is 1. The summed E-state index contributed by atoms with van der Waals surface area (Å²) in [7, 11) is -3.84. The van der Waals surface area contributed by atoms with E-state index in [0.29, 0.717) is 0 Å². The van der Waals surface area contributed by atoms with Gasteiger partial charge in [0.05, 0.1) is 19.0 Å². The fraction of sp³-hybridized carbons (Fsp3) is 0.556. The summed E-state index contributed by atoms with van der Waals surface area (Å²) in [5.41, 5.74) is -0.267. The van der Waals surface area contributed by atoms with Gasteiger partial charge in [-0.25, -0.2) is 4.79 Å². The highest BCUT2D eigenvalue weighted by Gasteiger charge is 2.38. The molecule has 0 bridgehead atoms. The molecule has 1 amide bonds.